The first-order chi connectivity index (χ1) is 23.2. The van der Waals surface area contributed by atoms with Gasteiger partial charge in [0.15, 0.2) is 5.15 Å². The zero-order valence-corrected chi connectivity index (χ0v) is 26.7. The Morgan fingerprint density at radius 1 is 0.938 bits per heavy atom. The number of carbonyl (C=O) groups is 1. The van der Waals surface area contributed by atoms with Crippen LogP contribution >= 0.6 is 23.2 Å². The van der Waals surface area contributed by atoms with Crippen LogP contribution in [0, 0.1) is 5.41 Å². The van der Waals surface area contributed by atoms with E-state index in [1.54, 1.807) is 42.5 Å². The Morgan fingerprint density at radius 2 is 1.65 bits per heavy atom. The molecule has 0 fully saturated rings. The van der Waals surface area contributed by atoms with E-state index in [0.717, 1.165) is 11.1 Å². The quantitative estimate of drug-likeness (QED) is 0.108. The van der Waals surface area contributed by atoms with Gasteiger partial charge in [0.05, 0.1) is 35.5 Å². The summed E-state index contributed by atoms with van der Waals surface area (Å²) in [4.78, 5) is 32.1. The van der Waals surface area contributed by atoms with Crippen LogP contribution in [-0.2, 0) is 0 Å². The molecule has 2 aromatic heterocycles. The average Bonchev–Trinajstić information content (AvgIpc) is 3.53. The minimum Gasteiger partial charge on any atom is -0.507 e. The van der Waals surface area contributed by atoms with E-state index < -0.39 is 23.4 Å². The maximum absolute atomic E-state index is 14.1. The maximum Gasteiger partial charge on any atom is 0.255 e. The zero-order valence-electron chi connectivity index (χ0n) is 25.2. The fourth-order valence-corrected chi connectivity index (χ4v) is 5.88. The van der Waals surface area contributed by atoms with Crippen molar-refractivity contribution < 1.29 is 9.90 Å². The van der Waals surface area contributed by atoms with E-state index in [2.05, 4.69) is 20.6 Å². The van der Waals surface area contributed by atoms with Crippen molar-refractivity contribution in [1.82, 2.24) is 29.9 Å². The number of para-hydroxylation sites is 1. The van der Waals surface area contributed by atoms with Crippen molar-refractivity contribution in [3.63, 3.8) is 0 Å². The van der Waals surface area contributed by atoms with Crippen LogP contribution in [0.2, 0.25) is 10.2 Å². The standard InChI is InChI=1S/C35H28Cl2N8O3/c36-24-14-15-28(45-19-31(37)42-43-45)26(16-24)27-17-32(47)44(20-41-27)29(18-40-35(48)25-8-4-5-9-30(25)46)33(21-6-2-1-3-7-21)22-10-12-23(13-11-22)34(38)39/h1-17,19-20,29,33,46H,18H2,(H3,38,39)(H,40,48)/t29-,33+/m1/s1. The molecule has 240 valence electrons. The highest BCUT2D eigenvalue weighted by Gasteiger charge is 2.29. The molecule has 0 unspecified atom stereocenters. The molecule has 0 saturated heterocycles. The smallest absolute Gasteiger partial charge is 0.255 e. The number of nitrogens with zero attached hydrogens (tertiary/aromatic N) is 5. The van der Waals surface area contributed by atoms with Crippen molar-refractivity contribution in [1.29, 1.82) is 5.41 Å². The van der Waals surface area contributed by atoms with Gasteiger partial charge in [0.2, 0.25) is 0 Å². The van der Waals surface area contributed by atoms with Crippen LogP contribution in [0.15, 0.2) is 120 Å². The first-order valence-electron chi connectivity index (χ1n) is 14.7. The number of hydrogen-bond donors (Lipinski definition) is 4. The number of nitrogen functional groups attached to an aromatic ring is 1. The Kier molecular flexibility index (Phi) is 9.33. The molecule has 0 aliphatic carbocycles. The molecule has 1 amide bonds. The molecule has 6 aromatic rings. The van der Waals surface area contributed by atoms with Gasteiger partial charge in [-0.3, -0.25) is 19.6 Å². The third kappa shape index (κ3) is 6.82. The van der Waals surface area contributed by atoms with Gasteiger partial charge in [-0.15, -0.1) is 5.10 Å². The number of rotatable bonds is 10. The summed E-state index contributed by atoms with van der Waals surface area (Å²) >= 11 is 12.4. The number of phenols is 1. The zero-order chi connectivity index (χ0) is 33.8. The summed E-state index contributed by atoms with van der Waals surface area (Å²) in [5.41, 5.74) is 9.07. The Bertz CT molecular complexity index is 2170. The minimum atomic E-state index is -0.701. The Balaban J connectivity index is 1.47. The third-order valence-electron chi connectivity index (χ3n) is 7.88. The van der Waals surface area contributed by atoms with E-state index in [1.165, 1.54) is 40.0 Å². The summed E-state index contributed by atoms with van der Waals surface area (Å²) in [6.45, 7) is -0.0119. The Hall–Kier alpha value is -5.78. The number of nitrogens with two attached hydrogens (primary N) is 1. The lowest BCUT2D eigenvalue weighted by molar-refractivity contribution is 0.0943. The number of benzene rings is 4. The topological polar surface area (TPSA) is 165 Å². The number of carbonyl (C=O) groups excluding carboxylic acids is 1. The molecular weight excluding hydrogens is 651 g/mol. The van der Waals surface area contributed by atoms with Crippen molar-refractivity contribution in [2.75, 3.05) is 6.54 Å². The summed E-state index contributed by atoms with van der Waals surface area (Å²) in [5, 5.41) is 29.6. The van der Waals surface area contributed by atoms with E-state index >= 15 is 0 Å². The molecule has 0 aliphatic rings. The number of aromatic nitrogens is 5. The molecule has 0 spiro atoms. The van der Waals surface area contributed by atoms with E-state index in [4.69, 9.17) is 34.3 Å². The van der Waals surface area contributed by atoms with Crippen molar-refractivity contribution in [3.8, 4) is 22.7 Å². The second-order valence-electron chi connectivity index (χ2n) is 10.9. The highest BCUT2D eigenvalue weighted by molar-refractivity contribution is 6.31. The lowest BCUT2D eigenvalue weighted by Gasteiger charge is -2.30. The largest absolute Gasteiger partial charge is 0.507 e. The van der Waals surface area contributed by atoms with Gasteiger partial charge in [0.25, 0.3) is 11.5 Å². The van der Waals surface area contributed by atoms with E-state index in [1.807, 2.05) is 42.5 Å². The van der Waals surface area contributed by atoms with Crippen LogP contribution in [0.5, 0.6) is 5.75 Å². The second-order valence-corrected chi connectivity index (χ2v) is 11.7. The van der Waals surface area contributed by atoms with Crippen molar-refractivity contribution in [3.05, 3.63) is 158 Å². The number of amides is 1. The molecule has 48 heavy (non-hydrogen) atoms. The Morgan fingerprint density at radius 3 is 2.31 bits per heavy atom. The summed E-state index contributed by atoms with van der Waals surface area (Å²) in [5.74, 6) is -1.22. The monoisotopic (exact) mass is 678 g/mol. The SMILES string of the molecule is N=C(N)c1ccc([C@H](c2ccccc2)[C@@H](CNC(=O)c2ccccc2O)n2cnc(-c3cc(Cl)ccc3-n3cc(Cl)nn3)cc2=O)cc1. The van der Waals surface area contributed by atoms with Crippen LogP contribution in [0.1, 0.15) is 39.0 Å². The van der Waals surface area contributed by atoms with Gasteiger partial charge >= 0.3 is 0 Å². The molecule has 13 heteroatoms. The highest BCUT2D eigenvalue weighted by atomic mass is 35.5. The lowest BCUT2D eigenvalue weighted by Crippen LogP contribution is -2.38. The second kappa shape index (κ2) is 13.9. The fourth-order valence-electron chi connectivity index (χ4n) is 5.58. The summed E-state index contributed by atoms with van der Waals surface area (Å²) in [7, 11) is 0. The highest BCUT2D eigenvalue weighted by Crippen LogP contribution is 2.35. The Labute approximate surface area is 284 Å². The molecule has 4 aromatic carbocycles. The normalized spacial score (nSPS) is 12.3. The van der Waals surface area contributed by atoms with Gasteiger partial charge < -0.3 is 16.2 Å². The number of hydrogen-bond acceptors (Lipinski definition) is 7. The first kappa shape index (κ1) is 32.2. The molecule has 11 nitrogen and oxygen atoms in total. The van der Waals surface area contributed by atoms with E-state index in [0.29, 0.717) is 27.5 Å². The van der Waals surface area contributed by atoms with E-state index in [-0.39, 0.29) is 28.8 Å². The van der Waals surface area contributed by atoms with Gasteiger partial charge in [-0.05, 0) is 41.5 Å². The molecule has 2 atom stereocenters. The fraction of sp³-hybridized carbons (Fsp3) is 0.0857. The van der Waals surface area contributed by atoms with Crippen LogP contribution in [0.25, 0.3) is 16.9 Å². The summed E-state index contributed by atoms with van der Waals surface area (Å²) in [6, 6.07) is 28.7. The third-order valence-corrected chi connectivity index (χ3v) is 8.29. The van der Waals surface area contributed by atoms with Crippen LogP contribution < -0.4 is 16.6 Å². The molecule has 2 heterocycles. The average molecular weight is 680 g/mol. The van der Waals surface area contributed by atoms with E-state index in [9.17, 15) is 14.7 Å². The predicted molar refractivity (Wildman–Crippen MR) is 184 cm³/mol. The van der Waals surface area contributed by atoms with Crippen molar-refractivity contribution >= 4 is 34.9 Å². The molecule has 0 saturated carbocycles. The van der Waals surface area contributed by atoms with Crippen LogP contribution in [0.4, 0.5) is 0 Å². The van der Waals surface area contributed by atoms with Crippen molar-refractivity contribution in [2.45, 2.75) is 12.0 Å². The lowest BCUT2D eigenvalue weighted by atomic mass is 9.84. The predicted octanol–water partition coefficient (Wildman–Crippen LogP) is 5.59. The summed E-state index contributed by atoms with van der Waals surface area (Å²) in [6.07, 6.45) is 2.97. The number of nitrogens with one attached hydrogen (secondary N) is 2. The number of aromatic hydroxyl groups is 1. The molecular formula is C35H28Cl2N8O3. The number of amidine groups is 1. The van der Waals surface area contributed by atoms with Crippen LogP contribution in [-0.4, -0.2) is 47.9 Å². The van der Waals surface area contributed by atoms with Gasteiger partial charge in [-0.1, -0.05) is 95.1 Å². The van der Waals surface area contributed by atoms with Gasteiger partial charge in [-0.2, -0.15) is 0 Å². The first-order valence-corrected chi connectivity index (χ1v) is 15.5. The van der Waals surface area contributed by atoms with Gasteiger partial charge in [0.1, 0.15) is 11.6 Å². The molecule has 0 radical (unpaired) electrons. The number of phenolic OH excluding ortho intramolecular Hbond substituents is 1. The summed E-state index contributed by atoms with van der Waals surface area (Å²) < 4.78 is 2.94. The van der Waals surface area contributed by atoms with Gasteiger partial charge in [-0.25, -0.2) is 9.67 Å². The molecule has 0 bridgehead atoms. The molecule has 5 N–H and O–H groups in total. The van der Waals surface area contributed by atoms with Crippen LogP contribution in [0.3, 0.4) is 0 Å². The minimum absolute atomic E-state index is 0.0119. The maximum atomic E-state index is 14.1. The van der Waals surface area contributed by atoms with Gasteiger partial charge in [0, 0.05) is 34.7 Å². The molecule has 0 aliphatic heterocycles. The number of halogens is 2. The molecule has 6 rings (SSSR count). The van der Waals surface area contributed by atoms with Crippen molar-refractivity contribution in [2.24, 2.45) is 5.73 Å².